The van der Waals surface area contributed by atoms with Gasteiger partial charge in [0.2, 0.25) is 0 Å². The first-order valence-corrected chi connectivity index (χ1v) is 33.3. The third-order valence-corrected chi connectivity index (χ3v) is 18.4. The van der Waals surface area contributed by atoms with Crippen LogP contribution in [0.5, 0.6) is 23.0 Å². The van der Waals surface area contributed by atoms with Gasteiger partial charge in [0.05, 0.1) is 38.5 Å². The van der Waals surface area contributed by atoms with Gasteiger partial charge in [-0.05, 0) is 133 Å². The fourth-order valence-electron chi connectivity index (χ4n) is 13.0. The number of hydrogen-bond acceptors (Lipinski definition) is 4. The lowest BCUT2D eigenvalue weighted by molar-refractivity contribution is 0.273. The normalized spacial score (nSPS) is 13.6. The van der Waals surface area contributed by atoms with Crippen molar-refractivity contribution in [2.75, 3.05) is 27.4 Å². The molecule has 8 rings (SSSR count). The van der Waals surface area contributed by atoms with Gasteiger partial charge in [0.1, 0.15) is 23.0 Å². The van der Waals surface area contributed by atoms with Crippen molar-refractivity contribution >= 4 is 43.6 Å². The summed E-state index contributed by atoms with van der Waals surface area (Å²) in [5.74, 6) is 8.84. The monoisotopic (exact) mass is 1140 g/mol. The minimum absolute atomic E-state index is 0.562. The number of nitrogens with zero attached hydrogens (tertiary/aromatic N) is 2. The largest absolute Gasteiger partial charge is 0.496 e. The Labute approximate surface area is 508 Å². The van der Waals surface area contributed by atoms with Crippen molar-refractivity contribution in [3.63, 3.8) is 0 Å². The lowest BCUT2D eigenvalue weighted by atomic mass is 9.96. The van der Waals surface area contributed by atoms with Crippen molar-refractivity contribution < 1.29 is 18.9 Å². The van der Waals surface area contributed by atoms with Crippen LogP contribution in [0.15, 0.2) is 109 Å². The van der Waals surface area contributed by atoms with Crippen molar-refractivity contribution in [2.45, 2.75) is 199 Å². The van der Waals surface area contributed by atoms with E-state index in [2.05, 4.69) is 201 Å². The van der Waals surface area contributed by atoms with E-state index in [1.807, 2.05) is 0 Å². The van der Waals surface area contributed by atoms with E-state index >= 15 is 0 Å². The molecule has 0 radical (unpaired) electrons. The highest BCUT2D eigenvalue weighted by Crippen LogP contribution is 2.47. The van der Waals surface area contributed by atoms with Crippen LogP contribution in [0.25, 0.3) is 77.0 Å². The molecule has 4 unspecified atom stereocenters. The first-order valence-electron chi connectivity index (χ1n) is 33.3. The molecule has 0 amide bonds. The molecule has 0 bridgehead atoms. The minimum Gasteiger partial charge on any atom is -0.496 e. The molecule has 454 valence electrons. The van der Waals surface area contributed by atoms with Crippen molar-refractivity contribution in [3.05, 3.63) is 109 Å². The molecular formula is C78H108N2O4. The standard InChI is InChI=1S/C78H108N2O4/c1-53(2)23-19-27-57(9)39-43-79-71-37-35-61(63-31-15-17-33-75(63)81-13)47-65(71)67-49-69(77(51-73(67)79)83-45-41-59(11)29-21-25-55(5)6)70-50-68-66-48-62(64-32-16-18-34-76(64)82-14)36-38-72(66)80(44-40-58(10)28-20-24-54(3)4)74(68)52-78(70)84-46-42-60(12)30-22-26-56(7)8/h15-18,31-38,47-60H,19-30,39-46H2,1-14H3. The second-order valence-corrected chi connectivity index (χ2v) is 27.5. The maximum Gasteiger partial charge on any atom is 0.129 e. The lowest BCUT2D eigenvalue weighted by Crippen LogP contribution is -2.08. The van der Waals surface area contributed by atoms with E-state index in [9.17, 15) is 0 Å². The fourth-order valence-corrected chi connectivity index (χ4v) is 13.0. The molecule has 6 heteroatoms. The maximum atomic E-state index is 7.35. The summed E-state index contributed by atoms with van der Waals surface area (Å²) in [4.78, 5) is 0. The van der Waals surface area contributed by atoms with Gasteiger partial charge >= 0.3 is 0 Å². The summed E-state index contributed by atoms with van der Waals surface area (Å²) in [5, 5.41) is 4.95. The van der Waals surface area contributed by atoms with Crippen molar-refractivity contribution in [3.8, 4) is 56.4 Å². The zero-order chi connectivity index (χ0) is 59.9. The number of rotatable bonds is 35. The summed E-state index contributed by atoms with van der Waals surface area (Å²) in [7, 11) is 3.56. The molecule has 84 heavy (non-hydrogen) atoms. The number of fused-ring (bicyclic) bond motifs is 6. The molecule has 4 atom stereocenters. The molecule has 0 fully saturated rings. The average Bonchev–Trinajstić information content (AvgIpc) is 2.27. The van der Waals surface area contributed by atoms with Crippen LogP contribution in [-0.4, -0.2) is 36.6 Å². The first-order chi connectivity index (χ1) is 40.5. The quantitative estimate of drug-likeness (QED) is 0.0397. The van der Waals surface area contributed by atoms with Crippen LogP contribution in [0.4, 0.5) is 0 Å². The highest BCUT2D eigenvalue weighted by molar-refractivity contribution is 6.14. The van der Waals surface area contributed by atoms with E-state index in [0.29, 0.717) is 36.9 Å². The number of aryl methyl sites for hydroxylation is 2. The molecule has 0 N–H and O–H groups in total. The van der Waals surface area contributed by atoms with E-state index in [1.165, 1.54) is 121 Å². The van der Waals surface area contributed by atoms with Gasteiger partial charge in [-0.2, -0.15) is 0 Å². The van der Waals surface area contributed by atoms with Crippen molar-refractivity contribution in [2.24, 2.45) is 47.3 Å². The summed E-state index contributed by atoms with van der Waals surface area (Å²) in [6, 6.07) is 40.8. The molecule has 0 aliphatic carbocycles. The zero-order valence-electron chi connectivity index (χ0n) is 54.7. The number of ether oxygens (including phenoxy) is 4. The third kappa shape index (κ3) is 16.8. The molecule has 2 heterocycles. The van der Waals surface area contributed by atoms with E-state index in [1.54, 1.807) is 14.2 Å². The van der Waals surface area contributed by atoms with Crippen LogP contribution >= 0.6 is 0 Å². The van der Waals surface area contributed by atoms with E-state index < -0.39 is 0 Å². The second-order valence-electron chi connectivity index (χ2n) is 27.5. The maximum absolute atomic E-state index is 7.35. The molecule has 0 saturated carbocycles. The van der Waals surface area contributed by atoms with Gasteiger partial charge in [-0.15, -0.1) is 0 Å². The Bertz CT molecular complexity index is 3110. The number of hydrogen-bond donors (Lipinski definition) is 0. The van der Waals surface area contributed by atoms with Gasteiger partial charge in [-0.1, -0.05) is 209 Å². The third-order valence-electron chi connectivity index (χ3n) is 18.4. The summed E-state index contributed by atoms with van der Waals surface area (Å²) in [6.07, 6.45) is 19.3. The Hall–Kier alpha value is -5.88. The van der Waals surface area contributed by atoms with Crippen LogP contribution in [0, 0.1) is 47.3 Å². The molecule has 6 nitrogen and oxygen atoms in total. The van der Waals surface area contributed by atoms with Gasteiger partial charge in [-0.25, -0.2) is 0 Å². The lowest BCUT2D eigenvalue weighted by Gasteiger charge is -2.20. The highest BCUT2D eigenvalue weighted by atomic mass is 16.5. The Morgan fingerprint density at radius 1 is 0.310 bits per heavy atom. The predicted molar refractivity (Wildman–Crippen MR) is 363 cm³/mol. The summed E-state index contributed by atoms with van der Waals surface area (Å²) in [5.41, 5.74) is 11.6. The Kier molecular flexibility index (Phi) is 23.6. The van der Waals surface area contributed by atoms with Crippen LogP contribution in [0.1, 0.15) is 186 Å². The van der Waals surface area contributed by atoms with Crippen LogP contribution in [0.2, 0.25) is 0 Å². The predicted octanol–water partition coefficient (Wildman–Crippen LogP) is 23.1. The van der Waals surface area contributed by atoms with Gasteiger partial charge in [0.25, 0.3) is 0 Å². The minimum atomic E-state index is 0.562. The number of aromatic nitrogens is 2. The molecular weight excluding hydrogens is 1030 g/mol. The van der Waals surface area contributed by atoms with Crippen molar-refractivity contribution in [1.82, 2.24) is 9.13 Å². The van der Waals surface area contributed by atoms with Gasteiger partial charge in [0, 0.05) is 80.1 Å². The molecule has 0 spiro atoms. The van der Waals surface area contributed by atoms with Gasteiger partial charge < -0.3 is 28.1 Å². The Morgan fingerprint density at radius 3 is 0.988 bits per heavy atom. The molecule has 0 aliphatic rings. The molecule has 2 aromatic heterocycles. The van der Waals surface area contributed by atoms with Crippen LogP contribution < -0.4 is 18.9 Å². The van der Waals surface area contributed by atoms with Crippen LogP contribution in [-0.2, 0) is 13.1 Å². The SMILES string of the molecule is COc1ccccc1-c1ccc2c(c1)c1cc(-c3cc4c5cc(-c6ccccc6OC)ccc5n(CCC(C)CCCC(C)C)c4cc3OCCC(C)CCCC(C)C)c(OCCC(C)CCCC(C)C)cc1n2CCC(C)CCCC(C)C. The molecule has 8 aromatic rings. The number of para-hydroxylation sites is 2. The topological polar surface area (TPSA) is 46.8 Å². The molecule has 6 aromatic carbocycles. The highest BCUT2D eigenvalue weighted by Gasteiger charge is 2.24. The molecule has 0 aliphatic heterocycles. The Balaban J connectivity index is 1.36. The van der Waals surface area contributed by atoms with E-state index in [-0.39, 0.29) is 0 Å². The van der Waals surface area contributed by atoms with Crippen LogP contribution in [0.3, 0.4) is 0 Å². The van der Waals surface area contributed by atoms with Crippen molar-refractivity contribution in [1.29, 1.82) is 0 Å². The zero-order valence-corrected chi connectivity index (χ0v) is 54.7. The number of benzene rings is 6. The Morgan fingerprint density at radius 2 is 0.643 bits per heavy atom. The molecule has 0 saturated heterocycles. The van der Waals surface area contributed by atoms with Gasteiger partial charge in [0.15, 0.2) is 0 Å². The number of methoxy groups -OCH3 is 2. The van der Waals surface area contributed by atoms with Gasteiger partial charge in [-0.3, -0.25) is 0 Å². The average molecular weight is 1140 g/mol. The summed E-state index contributed by atoms with van der Waals surface area (Å²) in [6.45, 7) is 31.7. The van der Waals surface area contributed by atoms with E-state index in [4.69, 9.17) is 18.9 Å². The second kappa shape index (κ2) is 31.0. The van der Waals surface area contributed by atoms with E-state index in [0.717, 1.165) is 119 Å². The smallest absolute Gasteiger partial charge is 0.129 e. The summed E-state index contributed by atoms with van der Waals surface area (Å²) < 4.78 is 31.9. The fraction of sp³-hybridized carbons (Fsp3) is 0.538. The summed E-state index contributed by atoms with van der Waals surface area (Å²) >= 11 is 0. The first kappa shape index (κ1) is 64.1.